The molecule has 122 valence electrons. The van der Waals surface area contributed by atoms with Crippen LogP contribution in [0.3, 0.4) is 0 Å². The minimum absolute atomic E-state index is 0.0356. The quantitative estimate of drug-likeness (QED) is 0.751. The average molecular weight is 343 g/mol. The lowest BCUT2D eigenvalue weighted by Crippen LogP contribution is -2.38. The SMILES string of the molecule is CN1C(=O)C(C)(CSC(F)(F)F)c2cc(C(F)(F)F)ccc21. The predicted molar refractivity (Wildman–Crippen MR) is 70.7 cm³/mol. The number of likely N-dealkylation sites (N-methyl/N-ethyl adjacent to an activating group) is 1. The van der Waals surface area contributed by atoms with Gasteiger partial charge >= 0.3 is 11.7 Å². The molecule has 0 spiro atoms. The standard InChI is InChI=1S/C13H11F6NOS/c1-11(6-22-13(17,18)19)8-5-7(12(14,15)16)3-4-9(8)20(2)10(11)21/h3-5H,6H2,1-2H3. The van der Waals surface area contributed by atoms with Crippen molar-refractivity contribution in [3.63, 3.8) is 0 Å². The molecule has 22 heavy (non-hydrogen) atoms. The molecule has 0 aromatic heterocycles. The molecule has 0 radical (unpaired) electrons. The number of amides is 1. The Morgan fingerprint density at radius 1 is 1.18 bits per heavy atom. The van der Waals surface area contributed by atoms with Crippen LogP contribution in [-0.2, 0) is 16.4 Å². The van der Waals surface area contributed by atoms with Crippen LogP contribution >= 0.6 is 11.8 Å². The number of alkyl halides is 6. The number of rotatable bonds is 2. The summed E-state index contributed by atoms with van der Waals surface area (Å²) < 4.78 is 75.6. The first-order valence-electron chi connectivity index (χ1n) is 6.07. The van der Waals surface area contributed by atoms with Crippen LogP contribution < -0.4 is 4.90 Å². The molecule has 0 saturated carbocycles. The largest absolute Gasteiger partial charge is 0.441 e. The molecule has 9 heteroatoms. The van der Waals surface area contributed by atoms with Crippen LogP contribution in [-0.4, -0.2) is 24.2 Å². The second kappa shape index (κ2) is 5.07. The molecular formula is C13H11F6NOS. The number of hydrogen-bond donors (Lipinski definition) is 0. The highest BCUT2D eigenvalue weighted by atomic mass is 32.2. The van der Waals surface area contributed by atoms with Gasteiger partial charge in [0.25, 0.3) is 0 Å². The molecule has 1 aromatic rings. The molecule has 1 amide bonds. The number of fused-ring (bicyclic) bond motifs is 1. The summed E-state index contributed by atoms with van der Waals surface area (Å²) >= 11 is -0.416. The van der Waals surface area contributed by atoms with E-state index in [9.17, 15) is 31.1 Å². The van der Waals surface area contributed by atoms with E-state index in [1.54, 1.807) is 0 Å². The number of carbonyl (C=O) groups is 1. The number of halogens is 6. The fraction of sp³-hybridized carbons (Fsp3) is 0.462. The van der Waals surface area contributed by atoms with Gasteiger partial charge in [-0.25, -0.2) is 0 Å². The summed E-state index contributed by atoms with van der Waals surface area (Å²) in [6.45, 7) is 1.23. The van der Waals surface area contributed by atoms with Gasteiger partial charge in [0, 0.05) is 18.5 Å². The van der Waals surface area contributed by atoms with Crippen LogP contribution in [0.1, 0.15) is 18.1 Å². The Balaban J connectivity index is 2.48. The van der Waals surface area contributed by atoms with Crippen LogP contribution in [0.15, 0.2) is 18.2 Å². The number of benzene rings is 1. The Morgan fingerprint density at radius 2 is 1.77 bits per heavy atom. The maximum atomic E-state index is 12.8. The molecule has 0 saturated heterocycles. The molecular weight excluding hydrogens is 332 g/mol. The second-order valence-corrected chi connectivity index (χ2v) is 6.20. The van der Waals surface area contributed by atoms with Gasteiger partial charge < -0.3 is 4.90 Å². The minimum Gasteiger partial charge on any atom is -0.314 e. The lowest BCUT2D eigenvalue weighted by atomic mass is 9.85. The molecule has 1 aliphatic rings. The lowest BCUT2D eigenvalue weighted by molar-refractivity contribution is -0.137. The molecule has 0 bridgehead atoms. The topological polar surface area (TPSA) is 20.3 Å². The molecule has 1 unspecified atom stereocenters. The third kappa shape index (κ3) is 2.90. The van der Waals surface area contributed by atoms with Crippen molar-refractivity contribution in [1.29, 1.82) is 0 Å². The van der Waals surface area contributed by atoms with Crippen molar-refractivity contribution in [3.8, 4) is 0 Å². The summed E-state index contributed by atoms with van der Waals surface area (Å²) in [5, 5.41) is 0. The zero-order chi connectivity index (χ0) is 16.9. The molecule has 0 aliphatic carbocycles. The molecule has 1 aliphatic heterocycles. The normalized spacial score (nSPS) is 22.2. The maximum absolute atomic E-state index is 12.8. The van der Waals surface area contributed by atoms with Crippen molar-refractivity contribution in [3.05, 3.63) is 29.3 Å². The van der Waals surface area contributed by atoms with E-state index in [1.165, 1.54) is 14.0 Å². The Labute approximate surface area is 126 Å². The first-order valence-corrected chi connectivity index (χ1v) is 7.05. The number of hydrogen-bond acceptors (Lipinski definition) is 2. The number of nitrogens with zero attached hydrogens (tertiary/aromatic N) is 1. The summed E-state index contributed by atoms with van der Waals surface area (Å²) in [6.07, 6.45) is -4.63. The van der Waals surface area contributed by atoms with Gasteiger partial charge in [-0.15, -0.1) is 0 Å². The monoisotopic (exact) mass is 343 g/mol. The summed E-state index contributed by atoms with van der Waals surface area (Å²) in [5.41, 5.74) is -7.04. The maximum Gasteiger partial charge on any atom is 0.441 e. The highest BCUT2D eigenvalue weighted by Crippen LogP contribution is 2.47. The third-order valence-corrected chi connectivity index (χ3v) is 4.63. The first-order chi connectivity index (χ1) is 9.86. The average Bonchev–Trinajstić information content (AvgIpc) is 2.58. The summed E-state index contributed by atoms with van der Waals surface area (Å²) in [4.78, 5) is 13.3. The van der Waals surface area contributed by atoms with E-state index in [1.807, 2.05) is 0 Å². The Bertz CT molecular complexity index is 612. The van der Waals surface area contributed by atoms with Crippen molar-refractivity contribution >= 4 is 23.4 Å². The van der Waals surface area contributed by atoms with Crippen LogP contribution in [0.2, 0.25) is 0 Å². The second-order valence-electron chi connectivity index (χ2n) is 5.16. The molecule has 1 aromatic carbocycles. The Kier molecular flexibility index (Phi) is 3.92. The Morgan fingerprint density at radius 3 is 2.27 bits per heavy atom. The zero-order valence-corrected chi connectivity index (χ0v) is 12.3. The lowest BCUT2D eigenvalue weighted by Gasteiger charge is -2.23. The predicted octanol–water partition coefficient (Wildman–Crippen LogP) is 4.19. The van der Waals surface area contributed by atoms with Crippen molar-refractivity contribution in [2.24, 2.45) is 0 Å². The number of carbonyl (C=O) groups excluding carboxylic acids is 1. The molecule has 1 atom stereocenters. The van der Waals surface area contributed by atoms with Crippen LogP contribution in [0.25, 0.3) is 0 Å². The van der Waals surface area contributed by atoms with Gasteiger partial charge in [-0.3, -0.25) is 4.79 Å². The van der Waals surface area contributed by atoms with Gasteiger partial charge in [-0.2, -0.15) is 26.3 Å². The van der Waals surface area contributed by atoms with E-state index in [4.69, 9.17) is 0 Å². The first kappa shape index (κ1) is 17.0. The van der Waals surface area contributed by atoms with Crippen molar-refractivity contribution in [2.45, 2.75) is 24.0 Å². The Hall–Kier alpha value is -1.38. The summed E-state index contributed by atoms with van der Waals surface area (Å²) in [5.74, 6) is -1.33. The fourth-order valence-corrected chi connectivity index (χ4v) is 3.14. The van der Waals surface area contributed by atoms with Gasteiger partial charge in [0.15, 0.2) is 0 Å². The van der Waals surface area contributed by atoms with Gasteiger partial charge in [-0.05, 0) is 42.4 Å². The van der Waals surface area contributed by atoms with E-state index in [2.05, 4.69) is 0 Å². The highest BCUT2D eigenvalue weighted by molar-refractivity contribution is 8.00. The van der Waals surface area contributed by atoms with E-state index >= 15 is 0 Å². The number of thioether (sulfide) groups is 1. The van der Waals surface area contributed by atoms with Crippen LogP contribution in [0.5, 0.6) is 0 Å². The number of anilines is 1. The zero-order valence-electron chi connectivity index (χ0n) is 11.5. The fourth-order valence-electron chi connectivity index (χ4n) is 2.41. The summed E-state index contributed by atoms with van der Waals surface area (Å²) in [7, 11) is 1.33. The van der Waals surface area contributed by atoms with Crippen molar-refractivity contribution < 1.29 is 31.1 Å². The van der Waals surface area contributed by atoms with Crippen molar-refractivity contribution in [1.82, 2.24) is 0 Å². The van der Waals surface area contributed by atoms with Gasteiger partial charge in [0.2, 0.25) is 5.91 Å². The van der Waals surface area contributed by atoms with E-state index < -0.39 is 46.1 Å². The highest BCUT2D eigenvalue weighted by Gasteiger charge is 2.49. The molecule has 0 N–H and O–H groups in total. The smallest absolute Gasteiger partial charge is 0.314 e. The van der Waals surface area contributed by atoms with E-state index in [-0.39, 0.29) is 11.3 Å². The summed E-state index contributed by atoms with van der Waals surface area (Å²) in [6, 6.07) is 2.68. The molecule has 1 heterocycles. The molecule has 0 fully saturated rings. The van der Waals surface area contributed by atoms with Gasteiger partial charge in [0.1, 0.15) is 0 Å². The van der Waals surface area contributed by atoms with E-state index in [0.717, 1.165) is 23.1 Å². The van der Waals surface area contributed by atoms with Crippen LogP contribution in [0, 0.1) is 0 Å². The molecule has 2 nitrogen and oxygen atoms in total. The van der Waals surface area contributed by atoms with Gasteiger partial charge in [0.05, 0.1) is 11.0 Å². The van der Waals surface area contributed by atoms with Crippen molar-refractivity contribution in [2.75, 3.05) is 17.7 Å². The van der Waals surface area contributed by atoms with Crippen LogP contribution in [0.4, 0.5) is 32.0 Å². The molecule has 2 rings (SSSR count). The van der Waals surface area contributed by atoms with Gasteiger partial charge in [-0.1, -0.05) is 0 Å². The third-order valence-electron chi connectivity index (χ3n) is 3.58. The van der Waals surface area contributed by atoms with E-state index in [0.29, 0.717) is 0 Å². The minimum atomic E-state index is -4.63.